The lowest BCUT2D eigenvalue weighted by molar-refractivity contribution is 0.360. The number of hydrogen-bond acceptors (Lipinski definition) is 4. The molecule has 216 valence electrons. The molecule has 2 fully saturated rings. The summed E-state index contributed by atoms with van der Waals surface area (Å²) in [6.07, 6.45) is 0. The molecule has 3 N–H and O–H groups in total. The van der Waals surface area contributed by atoms with Crippen LogP contribution in [0.3, 0.4) is 0 Å². The van der Waals surface area contributed by atoms with Crippen LogP contribution in [0.4, 0.5) is 48.9 Å². The Morgan fingerprint density at radius 3 is 1.14 bits per heavy atom. The summed E-state index contributed by atoms with van der Waals surface area (Å²) in [6.45, 7) is 7.30. The molecule has 0 amide bonds. The van der Waals surface area contributed by atoms with Gasteiger partial charge in [-0.3, -0.25) is 0 Å². The first-order valence-corrected chi connectivity index (χ1v) is 14.7. The Labute approximate surface area is 207 Å². The molecule has 2 aromatic rings. The normalized spacial score (nSPS) is 20.5. The summed E-state index contributed by atoms with van der Waals surface area (Å²) in [5, 5.41) is 9.54. The Morgan fingerprint density at radius 2 is 0.811 bits per heavy atom. The van der Waals surface area contributed by atoms with E-state index < -0.39 is 36.1 Å². The van der Waals surface area contributed by atoms with Crippen molar-refractivity contribution in [2.24, 2.45) is 0 Å². The number of anilines is 1. The molecule has 2 heterocycles. The van der Waals surface area contributed by atoms with Gasteiger partial charge in [-0.1, -0.05) is 38.9 Å². The number of rotatable bonds is 3. The lowest BCUT2D eigenvalue weighted by Gasteiger charge is -2.40. The van der Waals surface area contributed by atoms with Gasteiger partial charge in [0.2, 0.25) is 0 Å². The van der Waals surface area contributed by atoms with Crippen LogP contribution in [0.25, 0.3) is 0 Å². The monoisotopic (exact) mass is 596 g/mol. The van der Waals surface area contributed by atoms with Crippen molar-refractivity contribution in [1.82, 2.24) is 16.0 Å². The minimum atomic E-state index is -9.62. The van der Waals surface area contributed by atoms with E-state index in [4.69, 9.17) is 0 Å². The van der Waals surface area contributed by atoms with Crippen LogP contribution >= 0.6 is 20.4 Å². The number of halogens is 11. The SMILES string of the molecule is C1CNCCN1.FS(F)(F)(F)(F)c1ccc(N2CCNCC2)cc1.Fc1ccc(S(F)(F)(F)(F)F)cc1. The van der Waals surface area contributed by atoms with Crippen molar-refractivity contribution in [3.8, 4) is 0 Å². The smallest absolute Gasteiger partial charge is 0.310 e. The molecule has 0 saturated carbocycles. The standard InChI is InChI=1S/C10H13F5N2S.C6H4F6S.C4H10N2/c11-18(12,13,14,15)10-3-1-9(2-4-10)17-7-5-16-6-8-17;7-5-1-3-6(4-2-5)13(8,9,10,11)12;1-2-6-4-3-5-1/h1-4,16H,5-8H2;1-4H;5-6H,1-4H2. The number of benzene rings is 2. The molecule has 0 aromatic heterocycles. The van der Waals surface area contributed by atoms with Gasteiger partial charge in [-0.15, -0.1) is 0 Å². The summed E-state index contributed by atoms with van der Waals surface area (Å²) in [5.41, 5.74) is 0.530. The number of hydrogen-bond donors (Lipinski definition) is 3. The molecule has 0 atom stereocenters. The minimum absolute atomic E-state index is 0.0247. The van der Waals surface area contributed by atoms with Gasteiger partial charge in [0.15, 0.2) is 0 Å². The molecule has 17 heteroatoms. The average Bonchev–Trinajstić information content (AvgIpc) is 2.79. The Bertz CT molecular complexity index is 1010. The van der Waals surface area contributed by atoms with Gasteiger partial charge in [-0.25, -0.2) is 4.39 Å². The number of nitrogens with zero attached hydrogens (tertiary/aromatic N) is 1. The molecule has 2 aliphatic heterocycles. The fourth-order valence-corrected chi connectivity index (χ4v) is 4.43. The molecule has 0 bridgehead atoms. The largest absolute Gasteiger partial charge is 0.369 e. The lowest BCUT2D eigenvalue weighted by atomic mass is 10.2. The summed E-state index contributed by atoms with van der Waals surface area (Å²) in [6, 6.07) is 3.84. The third-order valence-corrected chi connectivity index (χ3v) is 7.31. The molecular weight excluding hydrogens is 569 g/mol. The van der Waals surface area contributed by atoms with E-state index in [1.807, 2.05) is 4.90 Å². The van der Waals surface area contributed by atoms with Crippen molar-refractivity contribution in [3.05, 3.63) is 54.3 Å². The van der Waals surface area contributed by atoms with Gasteiger partial charge in [0.25, 0.3) is 0 Å². The maximum atomic E-state index is 12.5. The van der Waals surface area contributed by atoms with Crippen LogP contribution in [-0.2, 0) is 0 Å². The quantitative estimate of drug-likeness (QED) is 0.323. The Kier molecular flexibility index (Phi) is 8.16. The predicted molar refractivity (Wildman–Crippen MR) is 126 cm³/mol. The van der Waals surface area contributed by atoms with E-state index in [0.717, 1.165) is 51.4 Å². The van der Waals surface area contributed by atoms with E-state index in [1.54, 1.807) is 0 Å². The average molecular weight is 597 g/mol. The zero-order valence-corrected chi connectivity index (χ0v) is 20.8. The molecule has 0 aliphatic carbocycles. The van der Waals surface area contributed by atoms with Crippen LogP contribution in [0.1, 0.15) is 0 Å². The number of nitrogens with one attached hydrogen (secondary N) is 3. The third-order valence-electron chi connectivity index (χ3n) is 4.98. The predicted octanol–water partition coefficient (Wildman–Crippen LogP) is 7.42. The van der Waals surface area contributed by atoms with E-state index in [-0.39, 0.29) is 12.1 Å². The first-order valence-electron chi connectivity index (χ1n) is 10.8. The van der Waals surface area contributed by atoms with Crippen LogP contribution in [0.15, 0.2) is 58.3 Å². The second-order valence-corrected chi connectivity index (χ2v) is 12.9. The van der Waals surface area contributed by atoms with Crippen LogP contribution in [0, 0.1) is 5.82 Å². The molecule has 37 heavy (non-hydrogen) atoms. The van der Waals surface area contributed by atoms with Gasteiger partial charge in [0.1, 0.15) is 15.6 Å². The van der Waals surface area contributed by atoms with Crippen molar-refractivity contribution in [2.75, 3.05) is 57.3 Å². The molecular formula is C20H27F11N4S2. The van der Waals surface area contributed by atoms with Gasteiger partial charge in [-0.2, -0.15) is 0 Å². The maximum Gasteiger partial charge on any atom is 0.310 e. The molecule has 0 spiro atoms. The van der Waals surface area contributed by atoms with E-state index in [1.165, 1.54) is 0 Å². The van der Waals surface area contributed by atoms with E-state index in [2.05, 4.69) is 16.0 Å². The summed E-state index contributed by atoms with van der Waals surface area (Å²) < 4.78 is 134. The highest BCUT2D eigenvalue weighted by molar-refractivity contribution is 8.46. The summed E-state index contributed by atoms with van der Waals surface area (Å²) in [7, 11) is -19.2. The van der Waals surface area contributed by atoms with Crippen molar-refractivity contribution >= 4 is 26.1 Å². The Hall–Kier alpha value is -1.95. The third kappa shape index (κ3) is 11.1. The minimum Gasteiger partial charge on any atom is -0.369 e. The van der Waals surface area contributed by atoms with Crippen molar-refractivity contribution in [3.63, 3.8) is 0 Å². The zero-order chi connectivity index (χ0) is 28.1. The van der Waals surface area contributed by atoms with Crippen LogP contribution in [0.5, 0.6) is 0 Å². The first kappa shape index (κ1) is 31.3. The molecule has 4 rings (SSSR count). The lowest BCUT2D eigenvalue weighted by Crippen LogP contribution is -2.43. The van der Waals surface area contributed by atoms with Crippen LogP contribution in [0.2, 0.25) is 0 Å². The molecule has 0 unspecified atom stereocenters. The maximum absolute atomic E-state index is 12.5. The zero-order valence-electron chi connectivity index (χ0n) is 19.2. The first-order chi connectivity index (χ1) is 16.5. The Morgan fingerprint density at radius 1 is 0.486 bits per heavy atom. The van der Waals surface area contributed by atoms with Gasteiger partial charge >= 0.3 is 20.4 Å². The fraction of sp³-hybridized carbons (Fsp3) is 0.400. The van der Waals surface area contributed by atoms with Gasteiger partial charge < -0.3 is 20.9 Å². The fourth-order valence-electron chi connectivity index (χ4n) is 3.13. The number of piperazine rings is 2. The van der Waals surface area contributed by atoms with Gasteiger partial charge in [-0.05, 0) is 48.5 Å². The molecule has 0 radical (unpaired) electrons. The highest BCUT2D eigenvalue weighted by atomic mass is 32.5. The second kappa shape index (κ2) is 9.66. The van der Waals surface area contributed by atoms with Crippen molar-refractivity contribution in [2.45, 2.75) is 9.79 Å². The highest BCUT2D eigenvalue weighted by Gasteiger charge is 2.66. The van der Waals surface area contributed by atoms with Crippen molar-refractivity contribution < 1.29 is 43.2 Å². The highest BCUT2D eigenvalue weighted by Crippen LogP contribution is 3.02. The van der Waals surface area contributed by atoms with Crippen LogP contribution < -0.4 is 20.9 Å². The van der Waals surface area contributed by atoms with E-state index in [0.29, 0.717) is 43.0 Å². The summed E-state index contributed by atoms with van der Waals surface area (Å²) >= 11 is 0. The van der Waals surface area contributed by atoms with E-state index in [9.17, 15) is 43.2 Å². The van der Waals surface area contributed by atoms with Crippen LogP contribution in [-0.4, -0.2) is 52.4 Å². The van der Waals surface area contributed by atoms with Gasteiger partial charge in [0.05, 0.1) is 0 Å². The van der Waals surface area contributed by atoms with E-state index >= 15 is 0 Å². The van der Waals surface area contributed by atoms with Gasteiger partial charge in [0, 0.05) is 58.0 Å². The second-order valence-electron chi connectivity index (χ2n) is 8.12. The molecule has 2 aliphatic rings. The molecule has 4 nitrogen and oxygen atoms in total. The van der Waals surface area contributed by atoms with Crippen molar-refractivity contribution in [1.29, 1.82) is 0 Å². The molecule has 2 aromatic carbocycles. The summed E-state index contributed by atoms with van der Waals surface area (Å²) in [5.74, 6) is -0.995. The summed E-state index contributed by atoms with van der Waals surface area (Å²) in [4.78, 5) is -2.07. The topological polar surface area (TPSA) is 39.3 Å². The molecule has 2 saturated heterocycles. The Balaban J connectivity index is 0.000000220.